The van der Waals surface area contributed by atoms with Crippen LogP contribution in [0.5, 0.6) is 0 Å². The maximum absolute atomic E-state index is 12.1. The molecule has 0 radical (unpaired) electrons. The molecule has 2 heterocycles. The third-order valence-corrected chi connectivity index (χ3v) is 3.07. The third-order valence-electron chi connectivity index (χ3n) is 3.07. The van der Waals surface area contributed by atoms with Gasteiger partial charge in [0.15, 0.2) is 0 Å². The summed E-state index contributed by atoms with van der Waals surface area (Å²) in [5, 5.41) is 7.04. The van der Waals surface area contributed by atoms with Gasteiger partial charge in [0.05, 0.1) is 18.8 Å². The van der Waals surface area contributed by atoms with Crippen molar-refractivity contribution in [3.8, 4) is 0 Å². The normalized spacial score (nSPS) is 11.9. The lowest BCUT2D eigenvalue weighted by Gasteiger charge is -2.21. The molecule has 2 amide bonds. The number of carbonyl (C=O) groups excluding carboxylic acids is 1. The number of carbonyl (C=O) groups is 1. The van der Waals surface area contributed by atoms with Crippen LogP contribution in [0.1, 0.15) is 24.1 Å². The van der Waals surface area contributed by atoms with Gasteiger partial charge >= 0.3 is 6.03 Å². The smallest absolute Gasteiger partial charge is 0.317 e. The maximum Gasteiger partial charge on any atom is 0.317 e. The second kappa shape index (κ2) is 6.18. The van der Waals surface area contributed by atoms with Gasteiger partial charge < -0.3 is 10.2 Å². The van der Waals surface area contributed by atoms with Gasteiger partial charge in [0.25, 0.3) is 0 Å². The Morgan fingerprint density at radius 3 is 2.75 bits per heavy atom. The Balaban J connectivity index is 1.91. The van der Waals surface area contributed by atoms with Gasteiger partial charge in [-0.2, -0.15) is 5.10 Å². The minimum Gasteiger partial charge on any atom is -0.331 e. The van der Waals surface area contributed by atoms with Crippen LogP contribution in [-0.4, -0.2) is 32.7 Å². The van der Waals surface area contributed by atoms with Crippen LogP contribution in [0.4, 0.5) is 4.79 Å². The van der Waals surface area contributed by atoms with E-state index in [9.17, 15) is 4.79 Å². The molecule has 0 aliphatic rings. The molecule has 2 rings (SSSR count). The van der Waals surface area contributed by atoms with E-state index in [4.69, 9.17) is 0 Å². The third kappa shape index (κ3) is 3.57. The minimum atomic E-state index is -0.113. The molecule has 2 aromatic heterocycles. The van der Waals surface area contributed by atoms with Crippen LogP contribution in [0.15, 0.2) is 36.9 Å². The van der Waals surface area contributed by atoms with E-state index in [1.165, 1.54) is 0 Å². The molecule has 20 heavy (non-hydrogen) atoms. The van der Waals surface area contributed by atoms with Crippen molar-refractivity contribution in [3.63, 3.8) is 0 Å². The lowest BCUT2D eigenvalue weighted by Crippen LogP contribution is -2.38. The summed E-state index contributed by atoms with van der Waals surface area (Å²) < 4.78 is 1.72. The highest BCUT2D eigenvalue weighted by atomic mass is 16.2. The number of amides is 2. The lowest BCUT2D eigenvalue weighted by atomic mass is 10.1. The largest absolute Gasteiger partial charge is 0.331 e. The second-order valence-electron chi connectivity index (χ2n) is 4.83. The van der Waals surface area contributed by atoms with Gasteiger partial charge in [0, 0.05) is 38.2 Å². The summed E-state index contributed by atoms with van der Waals surface area (Å²) in [6.45, 7) is 2.48. The van der Waals surface area contributed by atoms with Crippen LogP contribution in [0.2, 0.25) is 0 Å². The lowest BCUT2D eigenvalue weighted by molar-refractivity contribution is 0.203. The molecule has 1 N–H and O–H groups in total. The Hall–Kier alpha value is -2.37. The summed E-state index contributed by atoms with van der Waals surface area (Å²) in [5.41, 5.74) is 2.03. The van der Waals surface area contributed by atoms with Crippen LogP contribution >= 0.6 is 0 Å². The molecule has 6 heteroatoms. The number of hydrogen-bond donors (Lipinski definition) is 1. The Labute approximate surface area is 118 Å². The number of nitrogens with zero attached hydrogens (tertiary/aromatic N) is 4. The van der Waals surface area contributed by atoms with Gasteiger partial charge in [-0.1, -0.05) is 0 Å². The molecule has 0 bridgehead atoms. The van der Waals surface area contributed by atoms with Crippen LogP contribution in [0.25, 0.3) is 0 Å². The van der Waals surface area contributed by atoms with E-state index >= 15 is 0 Å². The van der Waals surface area contributed by atoms with Crippen molar-refractivity contribution in [2.75, 3.05) is 7.05 Å². The molecule has 106 valence electrons. The second-order valence-corrected chi connectivity index (χ2v) is 4.83. The minimum absolute atomic E-state index is 0.0538. The summed E-state index contributed by atoms with van der Waals surface area (Å²) in [5.74, 6) is 0. The Morgan fingerprint density at radius 1 is 1.45 bits per heavy atom. The molecule has 0 aromatic carbocycles. The monoisotopic (exact) mass is 273 g/mol. The van der Waals surface area contributed by atoms with E-state index in [-0.39, 0.29) is 12.1 Å². The molecule has 0 aliphatic heterocycles. The first kappa shape index (κ1) is 14.0. The van der Waals surface area contributed by atoms with E-state index in [1.54, 1.807) is 35.2 Å². The van der Waals surface area contributed by atoms with Gasteiger partial charge in [-0.15, -0.1) is 0 Å². The Bertz CT molecular complexity index is 566. The summed E-state index contributed by atoms with van der Waals surface area (Å²) in [6, 6.07) is 3.62. The maximum atomic E-state index is 12.1. The zero-order valence-corrected chi connectivity index (χ0v) is 11.9. The van der Waals surface area contributed by atoms with E-state index < -0.39 is 0 Å². The molecule has 0 spiro atoms. The fourth-order valence-corrected chi connectivity index (χ4v) is 1.93. The summed E-state index contributed by atoms with van der Waals surface area (Å²) in [7, 11) is 3.62. The first-order valence-electron chi connectivity index (χ1n) is 6.45. The summed E-state index contributed by atoms with van der Waals surface area (Å²) in [4.78, 5) is 17.7. The van der Waals surface area contributed by atoms with Gasteiger partial charge in [0.1, 0.15) is 0 Å². The summed E-state index contributed by atoms with van der Waals surface area (Å²) >= 11 is 0. The van der Waals surface area contributed by atoms with E-state index in [0.717, 1.165) is 11.1 Å². The predicted octanol–water partition coefficient (Wildman–Crippen LogP) is 1.72. The van der Waals surface area contributed by atoms with E-state index in [0.29, 0.717) is 6.54 Å². The molecule has 6 nitrogen and oxygen atoms in total. The molecule has 1 atom stereocenters. The van der Waals surface area contributed by atoms with E-state index in [1.807, 2.05) is 32.3 Å². The van der Waals surface area contributed by atoms with Gasteiger partial charge in [-0.25, -0.2) is 4.79 Å². The molecule has 0 saturated heterocycles. The Morgan fingerprint density at radius 2 is 2.15 bits per heavy atom. The van der Waals surface area contributed by atoms with Crippen molar-refractivity contribution >= 4 is 6.03 Å². The molecule has 2 aromatic rings. The van der Waals surface area contributed by atoms with Crippen LogP contribution < -0.4 is 5.32 Å². The molecule has 0 aliphatic carbocycles. The highest BCUT2D eigenvalue weighted by Crippen LogP contribution is 2.11. The molecule has 0 saturated carbocycles. The SMILES string of the molecule is CC(NC(=O)N(C)Cc1cnn(C)c1)c1ccncc1. The zero-order chi connectivity index (χ0) is 14.5. The topological polar surface area (TPSA) is 63.1 Å². The molecule has 1 unspecified atom stereocenters. The molecule has 0 fully saturated rings. The predicted molar refractivity (Wildman–Crippen MR) is 75.9 cm³/mol. The van der Waals surface area contributed by atoms with Gasteiger partial charge in [-0.05, 0) is 24.6 Å². The number of rotatable bonds is 4. The number of aromatic nitrogens is 3. The highest BCUT2D eigenvalue weighted by Gasteiger charge is 2.13. The zero-order valence-electron chi connectivity index (χ0n) is 11.9. The summed E-state index contributed by atoms with van der Waals surface area (Å²) in [6.07, 6.45) is 7.10. The van der Waals surface area contributed by atoms with Crippen LogP contribution in [0, 0.1) is 0 Å². The van der Waals surface area contributed by atoms with Crippen molar-refractivity contribution in [2.24, 2.45) is 7.05 Å². The van der Waals surface area contributed by atoms with Crippen molar-refractivity contribution in [1.82, 2.24) is 25.0 Å². The van der Waals surface area contributed by atoms with Crippen LogP contribution in [-0.2, 0) is 13.6 Å². The van der Waals surface area contributed by atoms with Crippen molar-refractivity contribution in [2.45, 2.75) is 19.5 Å². The average Bonchev–Trinajstić information content (AvgIpc) is 2.85. The van der Waals surface area contributed by atoms with E-state index in [2.05, 4.69) is 15.4 Å². The quantitative estimate of drug-likeness (QED) is 0.922. The fraction of sp³-hybridized carbons (Fsp3) is 0.357. The number of hydrogen-bond acceptors (Lipinski definition) is 3. The highest BCUT2D eigenvalue weighted by molar-refractivity contribution is 5.74. The number of aryl methyl sites for hydroxylation is 1. The molecular formula is C14H19N5O. The van der Waals surface area contributed by atoms with Crippen molar-refractivity contribution < 1.29 is 4.79 Å². The first-order valence-corrected chi connectivity index (χ1v) is 6.45. The molecular weight excluding hydrogens is 254 g/mol. The average molecular weight is 273 g/mol. The fourth-order valence-electron chi connectivity index (χ4n) is 1.93. The van der Waals surface area contributed by atoms with Gasteiger partial charge in [0.2, 0.25) is 0 Å². The number of pyridine rings is 1. The first-order chi connectivity index (χ1) is 9.56. The standard InChI is InChI=1S/C14H19N5O/c1-11(13-4-6-15-7-5-13)17-14(20)18(2)9-12-8-16-19(3)10-12/h4-8,10-11H,9H2,1-3H3,(H,17,20). The van der Waals surface area contributed by atoms with Crippen LogP contribution in [0.3, 0.4) is 0 Å². The van der Waals surface area contributed by atoms with Crippen molar-refractivity contribution in [3.05, 3.63) is 48.0 Å². The van der Waals surface area contributed by atoms with Crippen molar-refractivity contribution in [1.29, 1.82) is 0 Å². The number of nitrogens with one attached hydrogen (secondary N) is 1. The van der Waals surface area contributed by atoms with Gasteiger partial charge in [-0.3, -0.25) is 9.67 Å². The Kier molecular flexibility index (Phi) is 4.34. The number of urea groups is 1.